The first-order chi connectivity index (χ1) is 15.9. The van der Waals surface area contributed by atoms with Gasteiger partial charge >= 0.3 is 0 Å². The Kier molecular flexibility index (Phi) is 7.08. The third kappa shape index (κ3) is 5.08. The van der Waals surface area contributed by atoms with Crippen molar-refractivity contribution < 1.29 is 9.84 Å². The van der Waals surface area contributed by atoms with Gasteiger partial charge in [-0.05, 0) is 55.4 Å². The van der Waals surface area contributed by atoms with Gasteiger partial charge in [-0.2, -0.15) is 0 Å². The first kappa shape index (κ1) is 23.4. The minimum Gasteiger partial charge on any atom is -0.507 e. The van der Waals surface area contributed by atoms with Crippen molar-refractivity contribution in [3.05, 3.63) is 92.4 Å². The third-order valence-corrected chi connectivity index (χ3v) is 6.64. The average Bonchev–Trinajstić information content (AvgIpc) is 2.81. The Morgan fingerprint density at radius 2 is 1.67 bits per heavy atom. The number of aromatic hydroxyl groups is 1. The molecular formula is C26H30ClN3O3. The molecule has 1 unspecified atom stereocenters. The Hall–Kier alpha value is -2.80. The largest absolute Gasteiger partial charge is 0.507 e. The lowest BCUT2D eigenvalue weighted by molar-refractivity contribution is 0.125. The summed E-state index contributed by atoms with van der Waals surface area (Å²) in [6.45, 7) is 5.66. The van der Waals surface area contributed by atoms with Gasteiger partial charge in [0.25, 0.3) is 5.56 Å². The number of hydrogen-bond donors (Lipinski definition) is 1. The fourth-order valence-electron chi connectivity index (χ4n) is 4.42. The zero-order chi connectivity index (χ0) is 23.5. The molecule has 6 nitrogen and oxygen atoms in total. The Morgan fingerprint density at radius 1 is 1.03 bits per heavy atom. The number of aryl methyl sites for hydroxylation is 1. The highest BCUT2D eigenvalue weighted by atomic mass is 35.5. The smallest absolute Gasteiger partial charge is 0.259 e. The minimum atomic E-state index is -0.355. The van der Waals surface area contributed by atoms with Crippen molar-refractivity contribution in [1.29, 1.82) is 0 Å². The summed E-state index contributed by atoms with van der Waals surface area (Å²) in [6, 6.07) is 16.6. The molecule has 4 rings (SSSR count). The molecule has 0 radical (unpaired) electrons. The molecule has 7 heteroatoms. The number of benzene rings is 2. The number of likely N-dealkylation sites (N-methyl/N-ethyl adjacent to an activating group) is 1. The Bertz CT molecular complexity index is 1150. The van der Waals surface area contributed by atoms with Crippen LogP contribution >= 0.6 is 11.6 Å². The molecule has 2 heterocycles. The molecule has 1 saturated heterocycles. The van der Waals surface area contributed by atoms with Gasteiger partial charge in [0.2, 0.25) is 0 Å². The quantitative estimate of drug-likeness (QED) is 0.595. The van der Waals surface area contributed by atoms with Crippen LogP contribution in [0.15, 0.2) is 59.4 Å². The third-order valence-electron chi connectivity index (χ3n) is 6.38. The van der Waals surface area contributed by atoms with Crippen molar-refractivity contribution in [3.63, 3.8) is 0 Å². The Labute approximate surface area is 199 Å². The number of pyridine rings is 1. The molecule has 1 aliphatic heterocycles. The summed E-state index contributed by atoms with van der Waals surface area (Å²) < 4.78 is 6.98. The zero-order valence-electron chi connectivity index (χ0n) is 19.3. The summed E-state index contributed by atoms with van der Waals surface area (Å²) in [5, 5.41) is 11.6. The lowest BCUT2D eigenvalue weighted by Crippen LogP contribution is -2.47. The number of methoxy groups -OCH3 is 1. The van der Waals surface area contributed by atoms with Gasteiger partial charge in [0.1, 0.15) is 11.5 Å². The van der Waals surface area contributed by atoms with Gasteiger partial charge < -0.3 is 19.3 Å². The molecule has 1 atom stereocenters. The predicted molar refractivity (Wildman–Crippen MR) is 132 cm³/mol. The highest BCUT2D eigenvalue weighted by Crippen LogP contribution is 2.34. The first-order valence-corrected chi connectivity index (χ1v) is 11.5. The van der Waals surface area contributed by atoms with E-state index in [0.717, 1.165) is 43.1 Å². The molecule has 1 aliphatic rings. The summed E-state index contributed by atoms with van der Waals surface area (Å²) in [5.74, 6) is 0.800. The number of hydrogen-bond acceptors (Lipinski definition) is 5. The Morgan fingerprint density at radius 3 is 2.27 bits per heavy atom. The highest BCUT2D eigenvalue weighted by molar-refractivity contribution is 6.30. The monoisotopic (exact) mass is 467 g/mol. The van der Waals surface area contributed by atoms with Crippen LogP contribution in [0.2, 0.25) is 5.02 Å². The molecule has 174 valence electrons. The molecule has 0 aliphatic carbocycles. The van der Waals surface area contributed by atoms with Crippen molar-refractivity contribution in [3.8, 4) is 11.5 Å². The molecule has 1 aromatic heterocycles. The fraction of sp³-hybridized carbons (Fsp3) is 0.346. The summed E-state index contributed by atoms with van der Waals surface area (Å²) >= 11 is 6.14. The summed E-state index contributed by atoms with van der Waals surface area (Å²) in [5.41, 5.74) is 2.87. The van der Waals surface area contributed by atoms with Crippen molar-refractivity contribution in [2.24, 2.45) is 0 Å². The van der Waals surface area contributed by atoms with Gasteiger partial charge in [0.05, 0.1) is 25.3 Å². The molecule has 0 spiro atoms. The molecule has 3 aromatic rings. The molecule has 2 aromatic carbocycles. The van der Waals surface area contributed by atoms with E-state index in [9.17, 15) is 9.90 Å². The van der Waals surface area contributed by atoms with Crippen molar-refractivity contribution in [1.82, 2.24) is 14.4 Å². The highest BCUT2D eigenvalue weighted by Gasteiger charge is 2.30. The fourth-order valence-corrected chi connectivity index (χ4v) is 4.55. The SMILES string of the molecule is COc1ccc(Cn2c(C)cc(O)c(C(c3ccc(Cl)cc3)N3CCN(C)CC3)c2=O)cc1. The van der Waals surface area contributed by atoms with Crippen LogP contribution < -0.4 is 10.3 Å². The maximum absolute atomic E-state index is 13.8. The van der Waals surface area contributed by atoms with E-state index in [1.807, 2.05) is 55.5 Å². The van der Waals surface area contributed by atoms with Crippen LogP contribution in [0.3, 0.4) is 0 Å². The normalized spacial score (nSPS) is 16.0. The molecule has 0 saturated carbocycles. The van der Waals surface area contributed by atoms with Crippen LogP contribution in [0.4, 0.5) is 0 Å². The van der Waals surface area contributed by atoms with E-state index in [-0.39, 0.29) is 17.4 Å². The number of rotatable bonds is 6. The summed E-state index contributed by atoms with van der Waals surface area (Å²) in [4.78, 5) is 18.4. The molecule has 0 bridgehead atoms. The van der Waals surface area contributed by atoms with Crippen LogP contribution in [0.1, 0.15) is 28.4 Å². The lowest BCUT2D eigenvalue weighted by Gasteiger charge is -2.38. The van der Waals surface area contributed by atoms with E-state index >= 15 is 0 Å². The van der Waals surface area contributed by atoms with E-state index in [0.29, 0.717) is 22.8 Å². The topological polar surface area (TPSA) is 57.9 Å². The second kappa shape index (κ2) is 10.00. The molecule has 1 fully saturated rings. The van der Waals surface area contributed by atoms with Crippen molar-refractivity contribution in [2.75, 3.05) is 40.3 Å². The maximum atomic E-state index is 13.8. The van der Waals surface area contributed by atoms with Gasteiger partial charge in [-0.25, -0.2) is 0 Å². The van der Waals surface area contributed by atoms with Gasteiger partial charge in [-0.3, -0.25) is 9.69 Å². The van der Waals surface area contributed by atoms with E-state index in [2.05, 4.69) is 16.8 Å². The van der Waals surface area contributed by atoms with Crippen molar-refractivity contribution >= 4 is 11.6 Å². The molecule has 0 amide bonds. The predicted octanol–water partition coefficient (Wildman–Crippen LogP) is 3.91. The second-order valence-corrected chi connectivity index (χ2v) is 9.05. The van der Waals surface area contributed by atoms with Gasteiger partial charge in [0.15, 0.2) is 0 Å². The Balaban J connectivity index is 1.79. The van der Waals surface area contributed by atoms with Crippen LogP contribution in [-0.4, -0.2) is 59.8 Å². The van der Waals surface area contributed by atoms with E-state index in [4.69, 9.17) is 16.3 Å². The standard InChI is InChI=1S/C26H30ClN3O3/c1-18-16-23(31)24(26(32)30(18)17-19-4-10-22(33-3)11-5-19)25(20-6-8-21(27)9-7-20)29-14-12-28(2)13-15-29/h4-11,16,25,31H,12-15,17H2,1-3H3. The van der Waals surface area contributed by atoms with E-state index < -0.39 is 0 Å². The van der Waals surface area contributed by atoms with Crippen LogP contribution in [0, 0.1) is 6.92 Å². The number of halogens is 1. The minimum absolute atomic E-state index is 0.0300. The lowest BCUT2D eigenvalue weighted by atomic mass is 9.96. The van der Waals surface area contributed by atoms with Crippen LogP contribution in [0.5, 0.6) is 11.5 Å². The maximum Gasteiger partial charge on any atom is 0.259 e. The van der Waals surface area contributed by atoms with E-state index in [1.54, 1.807) is 17.7 Å². The van der Waals surface area contributed by atoms with Crippen LogP contribution in [0.25, 0.3) is 0 Å². The van der Waals surface area contributed by atoms with E-state index in [1.165, 1.54) is 0 Å². The first-order valence-electron chi connectivity index (χ1n) is 11.1. The second-order valence-electron chi connectivity index (χ2n) is 8.62. The van der Waals surface area contributed by atoms with Gasteiger partial charge in [-0.15, -0.1) is 0 Å². The number of piperazine rings is 1. The molecular weight excluding hydrogens is 438 g/mol. The number of nitrogens with zero attached hydrogens (tertiary/aromatic N) is 3. The summed E-state index contributed by atoms with van der Waals surface area (Å²) in [7, 11) is 3.73. The van der Waals surface area contributed by atoms with Crippen LogP contribution in [-0.2, 0) is 6.54 Å². The molecule has 33 heavy (non-hydrogen) atoms. The average molecular weight is 468 g/mol. The summed E-state index contributed by atoms with van der Waals surface area (Å²) in [6.07, 6.45) is 0. The molecule has 1 N–H and O–H groups in total. The zero-order valence-corrected chi connectivity index (χ0v) is 20.0. The number of ether oxygens (including phenoxy) is 1. The van der Waals surface area contributed by atoms with Gasteiger partial charge in [-0.1, -0.05) is 35.9 Å². The van der Waals surface area contributed by atoms with Gasteiger partial charge in [0, 0.05) is 36.9 Å². The van der Waals surface area contributed by atoms with Crippen molar-refractivity contribution in [2.45, 2.75) is 19.5 Å². The number of aromatic nitrogens is 1.